The van der Waals surface area contributed by atoms with Gasteiger partial charge in [-0.15, -0.1) is 11.6 Å². The SMILES string of the molecule is COCCN(c1nc(CCl)co1)C1CC1. The van der Waals surface area contributed by atoms with Gasteiger partial charge in [0.05, 0.1) is 18.2 Å². The van der Waals surface area contributed by atoms with Crippen molar-refractivity contribution in [2.24, 2.45) is 0 Å². The van der Waals surface area contributed by atoms with E-state index in [-0.39, 0.29) is 0 Å². The molecule has 0 bridgehead atoms. The number of aromatic nitrogens is 1. The minimum Gasteiger partial charge on any atom is -0.432 e. The molecule has 2 rings (SSSR count). The van der Waals surface area contributed by atoms with Gasteiger partial charge in [0.25, 0.3) is 6.01 Å². The van der Waals surface area contributed by atoms with Crippen LogP contribution in [0.1, 0.15) is 18.5 Å². The molecule has 1 saturated carbocycles. The predicted molar refractivity (Wildman–Crippen MR) is 58.3 cm³/mol. The zero-order valence-corrected chi connectivity index (χ0v) is 9.54. The standard InChI is InChI=1S/C10H15ClN2O2/c1-14-5-4-13(9-2-3-9)10-12-8(6-11)7-15-10/h7,9H,2-6H2,1H3. The Morgan fingerprint density at radius 1 is 1.67 bits per heavy atom. The van der Waals surface area contributed by atoms with E-state index in [1.54, 1.807) is 13.4 Å². The van der Waals surface area contributed by atoms with Crippen LogP contribution in [0.15, 0.2) is 10.7 Å². The van der Waals surface area contributed by atoms with Gasteiger partial charge in [-0.25, -0.2) is 0 Å². The Morgan fingerprint density at radius 2 is 2.47 bits per heavy atom. The third-order valence-corrected chi connectivity index (χ3v) is 2.72. The highest BCUT2D eigenvalue weighted by molar-refractivity contribution is 6.16. The molecule has 0 amide bonds. The summed E-state index contributed by atoms with van der Waals surface area (Å²) in [7, 11) is 1.70. The quantitative estimate of drug-likeness (QED) is 0.701. The van der Waals surface area contributed by atoms with E-state index in [4.69, 9.17) is 20.8 Å². The zero-order valence-electron chi connectivity index (χ0n) is 8.78. The molecule has 1 heterocycles. The summed E-state index contributed by atoms with van der Waals surface area (Å²) in [6.45, 7) is 1.51. The van der Waals surface area contributed by atoms with Crippen LogP contribution in [0.3, 0.4) is 0 Å². The number of ether oxygens (including phenoxy) is 1. The lowest BCUT2D eigenvalue weighted by atomic mass is 10.5. The van der Waals surface area contributed by atoms with E-state index in [1.165, 1.54) is 12.8 Å². The molecule has 0 N–H and O–H groups in total. The summed E-state index contributed by atoms with van der Waals surface area (Å²) in [5.41, 5.74) is 0.787. The average molecular weight is 231 g/mol. The Morgan fingerprint density at radius 3 is 3.00 bits per heavy atom. The van der Waals surface area contributed by atoms with Gasteiger partial charge in [-0.2, -0.15) is 4.98 Å². The van der Waals surface area contributed by atoms with Gasteiger partial charge in [-0.1, -0.05) is 0 Å². The van der Waals surface area contributed by atoms with Crippen LogP contribution in [0.2, 0.25) is 0 Å². The van der Waals surface area contributed by atoms with Crippen molar-refractivity contribution in [3.8, 4) is 0 Å². The average Bonchev–Trinajstić information content (AvgIpc) is 2.97. The van der Waals surface area contributed by atoms with E-state index in [0.29, 0.717) is 24.5 Å². The van der Waals surface area contributed by atoms with E-state index < -0.39 is 0 Å². The lowest BCUT2D eigenvalue weighted by Gasteiger charge is -2.19. The molecule has 0 radical (unpaired) electrons. The topological polar surface area (TPSA) is 38.5 Å². The third kappa shape index (κ3) is 2.63. The van der Waals surface area contributed by atoms with Gasteiger partial charge in [-0.05, 0) is 12.8 Å². The molecule has 0 saturated heterocycles. The molecular weight excluding hydrogens is 216 g/mol. The van der Waals surface area contributed by atoms with Crippen LogP contribution in [0, 0.1) is 0 Å². The monoisotopic (exact) mass is 230 g/mol. The molecule has 1 aliphatic rings. The fourth-order valence-corrected chi connectivity index (χ4v) is 1.62. The second-order valence-electron chi connectivity index (χ2n) is 3.67. The Hall–Kier alpha value is -0.740. The summed E-state index contributed by atoms with van der Waals surface area (Å²) >= 11 is 5.68. The number of methoxy groups -OCH3 is 1. The Kier molecular flexibility index (Phi) is 3.49. The van der Waals surface area contributed by atoms with Crippen LogP contribution in [0.5, 0.6) is 0 Å². The number of anilines is 1. The minimum absolute atomic E-state index is 0.395. The molecule has 0 atom stereocenters. The van der Waals surface area contributed by atoms with Crippen molar-refractivity contribution in [2.45, 2.75) is 24.8 Å². The fraction of sp³-hybridized carbons (Fsp3) is 0.700. The Bertz CT molecular complexity index is 312. The second kappa shape index (κ2) is 4.86. The number of halogens is 1. The molecule has 0 aliphatic heterocycles. The van der Waals surface area contributed by atoms with Crippen molar-refractivity contribution < 1.29 is 9.15 Å². The molecule has 1 aromatic rings. The fourth-order valence-electron chi connectivity index (χ4n) is 1.50. The highest BCUT2D eigenvalue weighted by Crippen LogP contribution is 2.30. The predicted octanol–water partition coefficient (Wildman–Crippen LogP) is 2.03. The number of hydrogen-bond acceptors (Lipinski definition) is 4. The molecule has 0 spiro atoms. The van der Waals surface area contributed by atoms with Crippen LogP contribution >= 0.6 is 11.6 Å². The van der Waals surface area contributed by atoms with Gasteiger partial charge in [0, 0.05) is 19.7 Å². The van der Waals surface area contributed by atoms with Crippen LogP contribution in [-0.4, -0.2) is 31.3 Å². The molecule has 15 heavy (non-hydrogen) atoms. The van der Waals surface area contributed by atoms with E-state index >= 15 is 0 Å². The van der Waals surface area contributed by atoms with Gasteiger partial charge < -0.3 is 14.1 Å². The molecule has 1 aliphatic carbocycles. The lowest BCUT2D eigenvalue weighted by Crippen LogP contribution is -2.29. The first-order valence-corrected chi connectivity index (χ1v) is 5.64. The third-order valence-electron chi connectivity index (χ3n) is 2.45. The molecule has 1 fully saturated rings. The molecule has 5 heteroatoms. The molecule has 4 nitrogen and oxygen atoms in total. The molecule has 0 unspecified atom stereocenters. The Labute approximate surface area is 94.2 Å². The van der Waals surface area contributed by atoms with Crippen molar-refractivity contribution >= 4 is 17.6 Å². The summed E-state index contributed by atoms with van der Waals surface area (Å²) in [4.78, 5) is 6.47. The lowest BCUT2D eigenvalue weighted by molar-refractivity contribution is 0.203. The number of oxazole rings is 1. The number of hydrogen-bond donors (Lipinski definition) is 0. The van der Waals surface area contributed by atoms with Crippen LogP contribution in [0.25, 0.3) is 0 Å². The van der Waals surface area contributed by atoms with Crippen molar-refractivity contribution in [2.75, 3.05) is 25.2 Å². The first kappa shape index (κ1) is 10.8. The van der Waals surface area contributed by atoms with E-state index in [1.807, 2.05) is 0 Å². The van der Waals surface area contributed by atoms with Gasteiger partial charge in [0.1, 0.15) is 6.26 Å². The molecule has 1 aromatic heterocycles. The zero-order chi connectivity index (χ0) is 10.7. The number of nitrogens with zero attached hydrogens (tertiary/aromatic N) is 2. The maximum absolute atomic E-state index is 5.68. The van der Waals surface area contributed by atoms with Gasteiger partial charge in [0.2, 0.25) is 0 Å². The largest absolute Gasteiger partial charge is 0.432 e. The molecule has 84 valence electrons. The summed E-state index contributed by atoms with van der Waals surface area (Å²) in [5, 5.41) is 0. The highest BCUT2D eigenvalue weighted by Gasteiger charge is 2.31. The van der Waals surface area contributed by atoms with Crippen molar-refractivity contribution in [1.82, 2.24) is 4.98 Å². The minimum atomic E-state index is 0.395. The maximum atomic E-state index is 5.68. The van der Waals surface area contributed by atoms with Crippen molar-refractivity contribution in [1.29, 1.82) is 0 Å². The van der Waals surface area contributed by atoms with Crippen molar-refractivity contribution in [3.63, 3.8) is 0 Å². The Balaban J connectivity index is 2.02. The van der Waals surface area contributed by atoms with Crippen LogP contribution in [-0.2, 0) is 10.6 Å². The maximum Gasteiger partial charge on any atom is 0.297 e. The first-order valence-electron chi connectivity index (χ1n) is 5.11. The second-order valence-corrected chi connectivity index (χ2v) is 3.94. The van der Waals surface area contributed by atoms with Gasteiger partial charge >= 0.3 is 0 Å². The highest BCUT2D eigenvalue weighted by atomic mass is 35.5. The van der Waals surface area contributed by atoms with Crippen LogP contribution < -0.4 is 4.90 Å². The normalized spacial score (nSPS) is 15.6. The van der Waals surface area contributed by atoms with Crippen molar-refractivity contribution in [3.05, 3.63) is 12.0 Å². The first-order chi connectivity index (χ1) is 7.35. The number of rotatable bonds is 6. The molecular formula is C10H15ClN2O2. The summed E-state index contributed by atoms with van der Waals surface area (Å²) in [6.07, 6.45) is 4.04. The summed E-state index contributed by atoms with van der Waals surface area (Å²) in [6, 6.07) is 1.24. The van der Waals surface area contributed by atoms with Crippen LogP contribution in [0.4, 0.5) is 6.01 Å². The summed E-state index contributed by atoms with van der Waals surface area (Å²) in [5.74, 6) is 0.395. The van der Waals surface area contributed by atoms with Gasteiger partial charge in [0.15, 0.2) is 0 Å². The summed E-state index contributed by atoms with van der Waals surface area (Å²) < 4.78 is 10.5. The smallest absolute Gasteiger partial charge is 0.297 e. The van der Waals surface area contributed by atoms with E-state index in [0.717, 1.165) is 12.2 Å². The number of alkyl halides is 1. The van der Waals surface area contributed by atoms with E-state index in [2.05, 4.69) is 9.88 Å². The molecule has 0 aromatic carbocycles. The van der Waals surface area contributed by atoms with E-state index in [9.17, 15) is 0 Å². The van der Waals surface area contributed by atoms with Gasteiger partial charge in [-0.3, -0.25) is 0 Å².